The first kappa shape index (κ1) is 14.9. The molecule has 1 aliphatic rings. The minimum atomic E-state index is 0. The zero-order chi connectivity index (χ0) is 13.1. The van der Waals surface area contributed by atoms with Crippen LogP contribution < -0.4 is 15.4 Å². The normalized spacial score (nSPS) is 15.7. The fourth-order valence-electron chi connectivity index (χ4n) is 2.51. The van der Waals surface area contributed by atoms with Crippen LogP contribution in [0.15, 0.2) is 30.5 Å². The summed E-state index contributed by atoms with van der Waals surface area (Å²) >= 11 is 0. The van der Waals surface area contributed by atoms with E-state index < -0.39 is 0 Å². The van der Waals surface area contributed by atoms with Gasteiger partial charge in [-0.2, -0.15) is 0 Å². The van der Waals surface area contributed by atoms with Crippen molar-refractivity contribution in [2.24, 2.45) is 0 Å². The number of anilines is 1. The van der Waals surface area contributed by atoms with Gasteiger partial charge >= 0.3 is 0 Å². The van der Waals surface area contributed by atoms with Crippen molar-refractivity contribution < 1.29 is 4.74 Å². The Morgan fingerprint density at radius 3 is 2.80 bits per heavy atom. The first-order valence-electron chi connectivity index (χ1n) is 6.76. The number of ether oxygens (including phenoxy) is 1. The summed E-state index contributed by atoms with van der Waals surface area (Å²) < 4.78 is 5.21. The maximum Gasteiger partial charge on any atom is 0.121 e. The van der Waals surface area contributed by atoms with E-state index in [4.69, 9.17) is 4.74 Å². The lowest BCUT2D eigenvalue weighted by molar-refractivity contribution is 0.415. The van der Waals surface area contributed by atoms with Gasteiger partial charge in [0, 0.05) is 17.5 Å². The lowest BCUT2D eigenvalue weighted by atomic mass is 10.1. The zero-order valence-corrected chi connectivity index (χ0v) is 12.4. The molecule has 1 saturated heterocycles. The molecule has 2 heterocycles. The summed E-state index contributed by atoms with van der Waals surface area (Å²) in [5, 5.41) is 8.08. The number of hydrogen-bond donors (Lipinski definition) is 2. The standard InChI is InChI=1S/C15H19N3O.ClH/c1-19-14-3-2-11-8-13(10-17-15(11)9-14)18-12-4-6-16-7-5-12;/h2-3,8-10,12,16,18H,4-7H2,1H3;1H. The number of piperidine rings is 1. The monoisotopic (exact) mass is 293 g/mol. The quantitative estimate of drug-likeness (QED) is 0.913. The fourth-order valence-corrected chi connectivity index (χ4v) is 2.51. The number of nitrogens with one attached hydrogen (secondary N) is 2. The molecule has 0 spiro atoms. The molecular weight excluding hydrogens is 274 g/mol. The van der Waals surface area contributed by atoms with Crippen LogP contribution in [0, 0.1) is 0 Å². The molecule has 0 unspecified atom stereocenters. The third-order valence-electron chi connectivity index (χ3n) is 3.60. The maximum atomic E-state index is 5.21. The van der Waals surface area contributed by atoms with Crippen molar-refractivity contribution in [3.8, 4) is 5.75 Å². The Balaban J connectivity index is 0.00000147. The number of aromatic nitrogens is 1. The van der Waals surface area contributed by atoms with Gasteiger partial charge < -0.3 is 15.4 Å². The minimum Gasteiger partial charge on any atom is -0.497 e. The number of halogens is 1. The molecule has 0 radical (unpaired) electrons. The van der Waals surface area contributed by atoms with Crippen LogP contribution >= 0.6 is 12.4 Å². The molecular formula is C15H20ClN3O. The second kappa shape index (κ2) is 6.77. The van der Waals surface area contributed by atoms with E-state index >= 15 is 0 Å². The summed E-state index contributed by atoms with van der Waals surface area (Å²) in [6.45, 7) is 2.19. The highest BCUT2D eigenvalue weighted by Crippen LogP contribution is 2.22. The Bertz CT molecular complexity index is 570. The number of benzene rings is 1. The smallest absolute Gasteiger partial charge is 0.121 e. The van der Waals surface area contributed by atoms with Crippen LogP contribution in [0.25, 0.3) is 10.9 Å². The zero-order valence-electron chi connectivity index (χ0n) is 11.6. The van der Waals surface area contributed by atoms with Gasteiger partial charge in [0.1, 0.15) is 5.75 Å². The number of hydrogen-bond acceptors (Lipinski definition) is 4. The van der Waals surface area contributed by atoms with Crippen LogP contribution in [-0.2, 0) is 0 Å². The molecule has 0 atom stereocenters. The van der Waals surface area contributed by atoms with E-state index in [1.165, 1.54) is 12.8 Å². The van der Waals surface area contributed by atoms with Crippen molar-refractivity contribution in [3.63, 3.8) is 0 Å². The van der Waals surface area contributed by atoms with Crippen LogP contribution in [0.2, 0.25) is 0 Å². The summed E-state index contributed by atoms with van der Waals surface area (Å²) in [6.07, 6.45) is 4.24. The molecule has 1 aromatic carbocycles. The molecule has 4 nitrogen and oxygen atoms in total. The van der Waals surface area contributed by atoms with Crippen molar-refractivity contribution in [3.05, 3.63) is 30.5 Å². The van der Waals surface area contributed by atoms with E-state index in [-0.39, 0.29) is 12.4 Å². The summed E-state index contributed by atoms with van der Waals surface area (Å²) in [4.78, 5) is 4.50. The molecule has 2 aromatic rings. The molecule has 0 aliphatic carbocycles. The molecule has 20 heavy (non-hydrogen) atoms. The van der Waals surface area contributed by atoms with Crippen molar-refractivity contribution in [1.29, 1.82) is 0 Å². The third kappa shape index (κ3) is 3.32. The molecule has 1 aliphatic heterocycles. The topological polar surface area (TPSA) is 46.2 Å². The molecule has 108 valence electrons. The van der Waals surface area contributed by atoms with Crippen LogP contribution in [0.3, 0.4) is 0 Å². The molecule has 3 rings (SSSR count). The van der Waals surface area contributed by atoms with E-state index in [9.17, 15) is 0 Å². The Labute approximate surface area is 125 Å². The van der Waals surface area contributed by atoms with Gasteiger partial charge in [-0.15, -0.1) is 12.4 Å². The Kier molecular flexibility index (Phi) is 5.04. The van der Waals surface area contributed by atoms with Crippen molar-refractivity contribution in [2.45, 2.75) is 18.9 Å². The first-order valence-corrected chi connectivity index (χ1v) is 6.76. The van der Waals surface area contributed by atoms with E-state index in [0.717, 1.165) is 35.4 Å². The number of rotatable bonds is 3. The van der Waals surface area contributed by atoms with Gasteiger partial charge in [0.15, 0.2) is 0 Å². The van der Waals surface area contributed by atoms with E-state index in [0.29, 0.717) is 6.04 Å². The molecule has 0 saturated carbocycles. The summed E-state index contributed by atoms with van der Waals surface area (Å²) in [5.74, 6) is 0.846. The molecule has 5 heteroatoms. The largest absolute Gasteiger partial charge is 0.497 e. The molecule has 0 bridgehead atoms. The lowest BCUT2D eigenvalue weighted by Crippen LogP contribution is -2.35. The van der Waals surface area contributed by atoms with Gasteiger partial charge in [0.25, 0.3) is 0 Å². The third-order valence-corrected chi connectivity index (χ3v) is 3.60. The molecule has 1 fully saturated rings. The number of methoxy groups -OCH3 is 1. The van der Waals surface area contributed by atoms with Crippen molar-refractivity contribution >= 4 is 29.0 Å². The van der Waals surface area contributed by atoms with Crippen molar-refractivity contribution in [1.82, 2.24) is 10.3 Å². The van der Waals surface area contributed by atoms with E-state index in [1.807, 2.05) is 18.3 Å². The lowest BCUT2D eigenvalue weighted by Gasteiger charge is -2.24. The Morgan fingerprint density at radius 1 is 1.25 bits per heavy atom. The maximum absolute atomic E-state index is 5.21. The predicted octanol–water partition coefficient (Wildman–Crippen LogP) is 2.83. The summed E-state index contributed by atoms with van der Waals surface area (Å²) in [7, 11) is 1.67. The number of pyridine rings is 1. The molecule has 0 amide bonds. The fraction of sp³-hybridized carbons (Fsp3) is 0.400. The summed E-state index contributed by atoms with van der Waals surface area (Å²) in [5.41, 5.74) is 2.07. The van der Waals surface area contributed by atoms with E-state index in [2.05, 4.69) is 27.8 Å². The Morgan fingerprint density at radius 2 is 2.05 bits per heavy atom. The Hall–Kier alpha value is -1.52. The highest BCUT2D eigenvalue weighted by Gasteiger charge is 2.12. The second-order valence-electron chi connectivity index (χ2n) is 4.95. The van der Waals surface area contributed by atoms with Crippen LogP contribution in [-0.4, -0.2) is 31.2 Å². The van der Waals surface area contributed by atoms with Crippen LogP contribution in [0.1, 0.15) is 12.8 Å². The first-order chi connectivity index (χ1) is 9.35. The average Bonchev–Trinajstić information content (AvgIpc) is 2.48. The average molecular weight is 294 g/mol. The van der Waals surface area contributed by atoms with Crippen molar-refractivity contribution in [2.75, 3.05) is 25.5 Å². The summed E-state index contributed by atoms with van der Waals surface area (Å²) in [6, 6.07) is 8.69. The van der Waals surface area contributed by atoms with Crippen LogP contribution in [0.5, 0.6) is 5.75 Å². The molecule has 2 N–H and O–H groups in total. The number of nitrogens with zero attached hydrogens (tertiary/aromatic N) is 1. The highest BCUT2D eigenvalue weighted by molar-refractivity contribution is 5.85. The van der Waals surface area contributed by atoms with Gasteiger partial charge in [0.2, 0.25) is 0 Å². The van der Waals surface area contributed by atoms with Gasteiger partial charge in [-0.05, 0) is 44.1 Å². The minimum absolute atomic E-state index is 0. The highest BCUT2D eigenvalue weighted by atomic mass is 35.5. The SMILES string of the molecule is COc1ccc2cc(NC3CCNCC3)cnc2c1.Cl. The second-order valence-corrected chi connectivity index (χ2v) is 4.95. The predicted molar refractivity (Wildman–Crippen MR) is 85.1 cm³/mol. The van der Waals surface area contributed by atoms with E-state index in [1.54, 1.807) is 7.11 Å². The van der Waals surface area contributed by atoms with Gasteiger partial charge in [-0.25, -0.2) is 0 Å². The molecule has 1 aromatic heterocycles. The van der Waals surface area contributed by atoms with Crippen LogP contribution in [0.4, 0.5) is 5.69 Å². The van der Waals surface area contributed by atoms with Gasteiger partial charge in [-0.1, -0.05) is 0 Å². The van der Waals surface area contributed by atoms with Gasteiger partial charge in [0.05, 0.1) is 24.5 Å². The number of fused-ring (bicyclic) bond motifs is 1. The van der Waals surface area contributed by atoms with Gasteiger partial charge in [-0.3, -0.25) is 4.98 Å².